The van der Waals surface area contributed by atoms with Gasteiger partial charge in [0.1, 0.15) is 5.75 Å². The molecule has 5 nitrogen and oxygen atoms in total. The lowest BCUT2D eigenvalue weighted by molar-refractivity contribution is -0.136. The summed E-state index contributed by atoms with van der Waals surface area (Å²) in [4.78, 5) is 25.3. The number of H-pyrrole nitrogens is 1. The molecule has 2 rings (SSSR count). The van der Waals surface area contributed by atoms with Crippen LogP contribution in [-0.2, 0) is 11.2 Å². The molecule has 0 aliphatic carbocycles. The first-order chi connectivity index (χ1) is 10.5. The fraction of sp³-hybridized carbons (Fsp3) is 0.294. The number of aromatic nitrogens is 1. The average molecular weight is 301 g/mol. The van der Waals surface area contributed by atoms with Crippen molar-refractivity contribution in [1.82, 2.24) is 4.98 Å². The summed E-state index contributed by atoms with van der Waals surface area (Å²) in [7, 11) is 0. The first kappa shape index (κ1) is 15.8. The number of hydrogen-bond donors (Lipinski definition) is 2. The fourth-order valence-corrected chi connectivity index (χ4v) is 2.10. The maximum absolute atomic E-state index is 12.0. The Bertz CT molecular complexity index is 701. The van der Waals surface area contributed by atoms with Crippen LogP contribution in [0.1, 0.15) is 25.8 Å². The van der Waals surface area contributed by atoms with E-state index in [0.717, 1.165) is 11.3 Å². The van der Waals surface area contributed by atoms with Crippen LogP contribution in [0.2, 0.25) is 0 Å². The van der Waals surface area contributed by atoms with Crippen LogP contribution in [0.3, 0.4) is 0 Å². The van der Waals surface area contributed by atoms with Crippen LogP contribution >= 0.6 is 0 Å². The minimum Gasteiger partial charge on any atom is -0.491 e. The highest BCUT2D eigenvalue weighted by molar-refractivity contribution is 5.67. The van der Waals surface area contributed by atoms with Gasteiger partial charge in [-0.3, -0.25) is 9.59 Å². The van der Waals surface area contributed by atoms with E-state index in [0.29, 0.717) is 11.3 Å². The first-order valence-electron chi connectivity index (χ1n) is 7.17. The molecule has 1 aromatic carbocycles. The molecule has 0 radical (unpaired) electrons. The number of hydrogen-bond acceptors (Lipinski definition) is 3. The van der Waals surface area contributed by atoms with Crippen molar-refractivity contribution in [3.05, 3.63) is 52.3 Å². The van der Waals surface area contributed by atoms with Crippen molar-refractivity contribution < 1.29 is 14.6 Å². The Kier molecular flexibility index (Phi) is 4.99. The summed E-state index contributed by atoms with van der Waals surface area (Å²) >= 11 is 0. The molecule has 0 amide bonds. The third-order valence-electron chi connectivity index (χ3n) is 3.14. The second-order valence-corrected chi connectivity index (χ2v) is 5.31. The fourth-order valence-electron chi connectivity index (χ4n) is 2.10. The number of carboxylic acids is 1. The van der Waals surface area contributed by atoms with E-state index >= 15 is 0 Å². The zero-order chi connectivity index (χ0) is 16.1. The van der Waals surface area contributed by atoms with Gasteiger partial charge in [-0.05, 0) is 56.2 Å². The van der Waals surface area contributed by atoms with Crippen LogP contribution in [0.4, 0.5) is 0 Å². The maximum Gasteiger partial charge on any atom is 0.303 e. The van der Waals surface area contributed by atoms with Gasteiger partial charge in [0.15, 0.2) is 0 Å². The molecule has 1 heterocycles. The largest absolute Gasteiger partial charge is 0.491 e. The summed E-state index contributed by atoms with van der Waals surface area (Å²) in [5, 5.41) is 8.66. The van der Waals surface area contributed by atoms with Crippen molar-refractivity contribution in [2.45, 2.75) is 32.8 Å². The van der Waals surface area contributed by atoms with Gasteiger partial charge in [-0.1, -0.05) is 6.07 Å². The first-order valence-corrected chi connectivity index (χ1v) is 7.17. The van der Waals surface area contributed by atoms with Gasteiger partial charge in [-0.25, -0.2) is 0 Å². The van der Waals surface area contributed by atoms with E-state index in [-0.39, 0.29) is 24.5 Å². The minimum absolute atomic E-state index is 0.0519. The topological polar surface area (TPSA) is 79.4 Å². The predicted molar refractivity (Wildman–Crippen MR) is 84.2 cm³/mol. The smallest absolute Gasteiger partial charge is 0.303 e. The number of pyridine rings is 1. The lowest BCUT2D eigenvalue weighted by Crippen LogP contribution is -2.14. The summed E-state index contributed by atoms with van der Waals surface area (Å²) in [5.41, 5.74) is 1.80. The SMILES string of the molecule is CC(C)Oc1ccc(-c2ccc(CCC(=O)O)c(=O)[nH]2)cc1. The number of nitrogens with one attached hydrogen (secondary N) is 1. The molecule has 0 aliphatic rings. The molecule has 116 valence electrons. The number of rotatable bonds is 6. The minimum atomic E-state index is -0.913. The predicted octanol–water partition coefficient (Wildman–Crippen LogP) is 2.85. The van der Waals surface area contributed by atoms with E-state index in [9.17, 15) is 9.59 Å². The number of carbonyl (C=O) groups is 1. The van der Waals surface area contributed by atoms with Gasteiger partial charge >= 0.3 is 5.97 Å². The number of carboxylic acid groups (broad SMARTS) is 1. The van der Waals surface area contributed by atoms with Gasteiger partial charge in [0.05, 0.1) is 6.10 Å². The second-order valence-electron chi connectivity index (χ2n) is 5.31. The molecule has 2 aromatic rings. The zero-order valence-electron chi connectivity index (χ0n) is 12.6. The van der Waals surface area contributed by atoms with Crippen molar-refractivity contribution in [3.8, 4) is 17.0 Å². The molecule has 0 aliphatic heterocycles. The van der Waals surface area contributed by atoms with E-state index in [4.69, 9.17) is 9.84 Å². The van der Waals surface area contributed by atoms with Crippen molar-refractivity contribution in [2.75, 3.05) is 0 Å². The van der Waals surface area contributed by atoms with Crippen molar-refractivity contribution >= 4 is 5.97 Å². The van der Waals surface area contributed by atoms with Gasteiger partial charge in [-0.2, -0.15) is 0 Å². The normalized spacial score (nSPS) is 10.7. The van der Waals surface area contributed by atoms with Crippen LogP contribution in [0.25, 0.3) is 11.3 Å². The molecular formula is C17H19NO4. The summed E-state index contributed by atoms with van der Waals surface area (Å²) < 4.78 is 5.57. The molecule has 0 saturated heterocycles. The average Bonchev–Trinajstić information content (AvgIpc) is 2.46. The van der Waals surface area contributed by atoms with Crippen LogP contribution < -0.4 is 10.3 Å². The van der Waals surface area contributed by atoms with Crippen LogP contribution in [-0.4, -0.2) is 22.2 Å². The van der Waals surface area contributed by atoms with Gasteiger partial charge in [0.25, 0.3) is 5.56 Å². The molecular weight excluding hydrogens is 282 g/mol. The van der Waals surface area contributed by atoms with Crippen LogP contribution in [0.15, 0.2) is 41.2 Å². The Balaban J connectivity index is 2.17. The van der Waals surface area contributed by atoms with Crippen LogP contribution in [0, 0.1) is 0 Å². The van der Waals surface area contributed by atoms with Gasteiger partial charge in [0, 0.05) is 17.7 Å². The molecule has 0 bridgehead atoms. The summed E-state index contributed by atoms with van der Waals surface area (Å²) in [6.07, 6.45) is 0.287. The maximum atomic E-state index is 12.0. The van der Waals surface area contributed by atoms with E-state index < -0.39 is 5.97 Å². The molecule has 0 atom stereocenters. The Labute approximate surface area is 128 Å². The molecule has 5 heteroatoms. The third-order valence-corrected chi connectivity index (χ3v) is 3.14. The monoisotopic (exact) mass is 301 g/mol. The number of ether oxygens (including phenoxy) is 1. The second kappa shape index (κ2) is 6.93. The van der Waals surface area contributed by atoms with E-state index in [1.807, 2.05) is 38.1 Å². The highest BCUT2D eigenvalue weighted by Crippen LogP contribution is 2.20. The van der Waals surface area contributed by atoms with Crippen molar-refractivity contribution in [3.63, 3.8) is 0 Å². The lowest BCUT2D eigenvalue weighted by Gasteiger charge is -2.10. The number of aryl methyl sites for hydroxylation is 1. The molecule has 0 saturated carbocycles. The van der Waals surface area contributed by atoms with Gasteiger partial charge in [0.2, 0.25) is 0 Å². The van der Waals surface area contributed by atoms with E-state index in [1.165, 1.54) is 0 Å². The molecule has 0 fully saturated rings. The standard InChI is InChI=1S/C17H19NO4/c1-11(2)22-14-7-3-12(4-8-14)15-9-5-13(17(21)18-15)6-10-16(19)20/h3-5,7-9,11H,6,10H2,1-2H3,(H,18,21)(H,19,20). The van der Waals surface area contributed by atoms with Gasteiger partial charge < -0.3 is 14.8 Å². The molecule has 0 unspecified atom stereocenters. The molecule has 0 spiro atoms. The summed E-state index contributed by atoms with van der Waals surface area (Å²) in [6, 6.07) is 10.9. The Morgan fingerprint density at radius 1 is 1.18 bits per heavy atom. The Morgan fingerprint density at radius 3 is 2.41 bits per heavy atom. The highest BCUT2D eigenvalue weighted by atomic mass is 16.5. The quantitative estimate of drug-likeness (QED) is 0.860. The number of aromatic amines is 1. The lowest BCUT2D eigenvalue weighted by atomic mass is 10.1. The third kappa shape index (κ3) is 4.22. The Hall–Kier alpha value is -2.56. The van der Waals surface area contributed by atoms with Crippen molar-refractivity contribution in [2.24, 2.45) is 0 Å². The summed E-state index contributed by atoms with van der Waals surface area (Å²) in [6.45, 7) is 3.92. The summed E-state index contributed by atoms with van der Waals surface area (Å²) in [5.74, 6) is -0.136. The highest BCUT2D eigenvalue weighted by Gasteiger charge is 2.06. The molecule has 1 aromatic heterocycles. The molecule has 22 heavy (non-hydrogen) atoms. The number of aliphatic carboxylic acids is 1. The van der Waals surface area contributed by atoms with E-state index in [1.54, 1.807) is 12.1 Å². The van der Waals surface area contributed by atoms with Crippen molar-refractivity contribution in [1.29, 1.82) is 0 Å². The Morgan fingerprint density at radius 2 is 1.86 bits per heavy atom. The zero-order valence-corrected chi connectivity index (χ0v) is 12.6. The van der Waals surface area contributed by atoms with E-state index in [2.05, 4.69) is 4.98 Å². The number of benzene rings is 1. The van der Waals surface area contributed by atoms with Crippen LogP contribution in [0.5, 0.6) is 5.75 Å². The van der Waals surface area contributed by atoms with Gasteiger partial charge in [-0.15, -0.1) is 0 Å². The molecule has 2 N–H and O–H groups in total.